The van der Waals surface area contributed by atoms with Crippen molar-refractivity contribution in [3.63, 3.8) is 0 Å². The van der Waals surface area contributed by atoms with Crippen LogP contribution in [0.3, 0.4) is 0 Å². The number of aryl methyl sites for hydroxylation is 1. The summed E-state index contributed by atoms with van der Waals surface area (Å²) in [5, 5.41) is 8.56. The third-order valence-electron chi connectivity index (χ3n) is 4.32. The average Bonchev–Trinajstić information content (AvgIpc) is 3.12. The Morgan fingerprint density at radius 1 is 1.44 bits per heavy atom. The van der Waals surface area contributed by atoms with Crippen molar-refractivity contribution in [2.24, 2.45) is 0 Å². The van der Waals surface area contributed by atoms with Crippen LogP contribution in [0.2, 0.25) is 0 Å². The van der Waals surface area contributed by atoms with Crippen LogP contribution in [0.25, 0.3) is 11.3 Å². The molecule has 1 aromatic heterocycles. The molecule has 25 heavy (non-hydrogen) atoms. The van der Waals surface area contributed by atoms with Gasteiger partial charge in [-0.2, -0.15) is 0 Å². The van der Waals surface area contributed by atoms with E-state index in [1.54, 1.807) is 14.0 Å². The minimum absolute atomic E-state index is 0.0558. The normalized spacial score (nSPS) is 20.3. The molecule has 2 heterocycles. The summed E-state index contributed by atoms with van der Waals surface area (Å²) in [6, 6.07) is 6.00. The van der Waals surface area contributed by atoms with Crippen molar-refractivity contribution in [1.29, 1.82) is 0 Å². The highest BCUT2D eigenvalue weighted by molar-refractivity contribution is 5.74. The zero-order valence-electron chi connectivity index (χ0n) is 14.8. The van der Waals surface area contributed by atoms with E-state index in [1.165, 1.54) is 0 Å². The Balaban J connectivity index is 1.79. The predicted octanol–water partition coefficient (Wildman–Crippen LogP) is 2.55. The molecule has 0 amide bonds. The van der Waals surface area contributed by atoms with E-state index >= 15 is 0 Å². The monoisotopic (exact) mass is 345 g/mol. The Labute approximate surface area is 146 Å². The third-order valence-corrected chi connectivity index (χ3v) is 4.32. The van der Waals surface area contributed by atoms with Gasteiger partial charge < -0.3 is 14.2 Å². The van der Waals surface area contributed by atoms with Crippen LogP contribution in [0.1, 0.15) is 31.4 Å². The molecule has 7 nitrogen and oxygen atoms in total. The zero-order chi connectivity index (χ0) is 17.8. The van der Waals surface area contributed by atoms with Crippen LogP contribution < -0.4 is 4.74 Å². The molecule has 2 aromatic rings. The fourth-order valence-electron chi connectivity index (χ4n) is 3.02. The van der Waals surface area contributed by atoms with E-state index in [2.05, 4.69) is 10.3 Å². The molecular formula is C18H23N3O4. The zero-order valence-corrected chi connectivity index (χ0v) is 14.8. The van der Waals surface area contributed by atoms with Gasteiger partial charge in [-0.05, 0) is 32.4 Å². The van der Waals surface area contributed by atoms with Crippen LogP contribution in [0.4, 0.5) is 0 Å². The lowest BCUT2D eigenvalue weighted by Gasteiger charge is -2.27. The van der Waals surface area contributed by atoms with Crippen molar-refractivity contribution < 1.29 is 19.0 Å². The molecule has 0 saturated carbocycles. The van der Waals surface area contributed by atoms with Crippen LogP contribution in [-0.2, 0) is 14.3 Å². The first-order valence-electron chi connectivity index (χ1n) is 8.47. The van der Waals surface area contributed by atoms with Gasteiger partial charge in [0.25, 0.3) is 0 Å². The van der Waals surface area contributed by atoms with Crippen LogP contribution in [0.5, 0.6) is 5.75 Å². The van der Waals surface area contributed by atoms with Crippen LogP contribution in [0, 0.1) is 6.92 Å². The van der Waals surface area contributed by atoms with Crippen LogP contribution in [-0.4, -0.2) is 47.4 Å². The van der Waals surface area contributed by atoms with E-state index in [4.69, 9.17) is 14.2 Å². The Bertz CT molecular complexity index is 744. The number of carbonyl (C=O) groups is 1. The quantitative estimate of drug-likeness (QED) is 0.775. The van der Waals surface area contributed by atoms with Gasteiger partial charge >= 0.3 is 5.97 Å². The molecule has 3 rings (SSSR count). The maximum Gasteiger partial charge on any atom is 0.335 e. The maximum atomic E-state index is 11.9. The van der Waals surface area contributed by atoms with E-state index in [0.29, 0.717) is 19.6 Å². The first-order chi connectivity index (χ1) is 12.1. The second-order valence-corrected chi connectivity index (χ2v) is 6.08. The number of ether oxygens (including phenoxy) is 3. The minimum Gasteiger partial charge on any atom is -0.496 e. The molecule has 2 atom stereocenters. The summed E-state index contributed by atoms with van der Waals surface area (Å²) in [7, 11) is 1.64. The summed E-state index contributed by atoms with van der Waals surface area (Å²) < 4.78 is 17.8. The number of hydrogen-bond acceptors (Lipinski definition) is 6. The van der Waals surface area contributed by atoms with E-state index in [-0.39, 0.29) is 12.0 Å². The molecule has 1 aromatic carbocycles. The van der Waals surface area contributed by atoms with Crippen LogP contribution in [0.15, 0.2) is 24.4 Å². The molecule has 0 bridgehead atoms. The fourth-order valence-corrected chi connectivity index (χ4v) is 3.02. The molecule has 7 heteroatoms. The molecule has 1 aliphatic heterocycles. The molecule has 134 valence electrons. The first-order valence-corrected chi connectivity index (χ1v) is 8.47. The number of esters is 1. The summed E-state index contributed by atoms with van der Waals surface area (Å²) in [4.78, 5) is 11.9. The summed E-state index contributed by atoms with van der Waals surface area (Å²) in [5.74, 6) is 0.446. The van der Waals surface area contributed by atoms with Gasteiger partial charge in [0.15, 0.2) is 6.10 Å². The third kappa shape index (κ3) is 3.82. The maximum absolute atomic E-state index is 11.9. The van der Waals surface area contributed by atoms with Crippen molar-refractivity contribution in [3.8, 4) is 17.0 Å². The van der Waals surface area contributed by atoms with Gasteiger partial charge in [0.1, 0.15) is 11.4 Å². The van der Waals surface area contributed by atoms with Crippen LogP contribution >= 0.6 is 0 Å². The van der Waals surface area contributed by atoms with Gasteiger partial charge in [-0.25, -0.2) is 9.48 Å². The Morgan fingerprint density at radius 2 is 2.28 bits per heavy atom. The van der Waals surface area contributed by atoms with Crippen molar-refractivity contribution >= 4 is 5.97 Å². The number of hydrogen-bond donors (Lipinski definition) is 0. The molecule has 0 spiro atoms. The summed E-state index contributed by atoms with van der Waals surface area (Å²) in [5.41, 5.74) is 2.78. The number of rotatable bonds is 5. The molecule has 1 aliphatic rings. The molecule has 0 N–H and O–H groups in total. The Kier molecular flexibility index (Phi) is 5.33. The molecule has 0 radical (unpaired) electrons. The lowest BCUT2D eigenvalue weighted by atomic mass is 10.0. The lowest BCUT2D eigenvalue weighted by Crippen LogP contribution is -2.35. The Morgan fingerprint density at radius 3 is 3.04 bits per heavy atom. The van der Waals surface area contributed by atoms with Gasteiger partial charge in [0.2, 0.25) is 0 Å². The van der Waals surface area contributed by atoms with Gasteiger partial charge in [-0.1, -0.05) is 16.8 Å². The lowest BCUT2D eigenvalue weighted by molar-refractivity contribution is -0.161. The van der Waals surface area contributed by atoms with Gasteiger partial charge in [0.05, 0.1) is 26.0 Å². The molecule has 1 fully saturated rings. The number of nitrogens with zero attached hydrogens (tertiary/aromatic N) is 3. The summed E-state index contributed by atoms with van der Waals surface area (Å²) in [6.45, 7) is 4.66. The Hall–Kier alpha value is -2.41. The highest BCUT2D eigenvalue weighted by atomic mass is 16.6. The molecule has 1 saturated heterocycles. The smallest absolute Gasteiger partial charge is 0.335 e. The number of methoxy groups -OCH3 is 1. The number of aromatic nitrogens is 3. The molecule has 0 aliphatic carbocycles. The minimum atomic E-state index is -0.542. The van der Waals surface area contributed by atoms with E-state index < -0.39 is 6.10 Å². The van der Waals surface area contributed by atoms with Crippen molar-refractivity contribution in [3.05, 3.63) is 30.0 Å². The highest BCUT2D eigenvalue weighted by Crippen LogP contribution is 2.31. The predicted molar refractivity (Wildman–Crippen MR) is 91.4 cm³/mol. The summed E-state index contributed by atoms with van der Waals surface area (Å²) >= 11 is 0. The number of benzene rings is 1. The largest absolute Gasteiger partial charge is 0.496 e. The fraction of sp³-hybridized carbons (Fsp3) is 0.500. The topological polar surface area (TPSA) is 75.5 Å². The second-order valence-electron chi connectivity index (χ2n) is 6.08. The second kappa shape index (κ2) is 7.65. The van der Waals surface area contributed by atoms with Crippen molar-refractivity contribution in [2.75, 3.05) is 20.3 Å². The first kappa shape index (κ1) is 17.4. The number of carbonyl (C=O) groups excluding carboxylic acids is 1. The summed E-state index contributed by atoms with van der Waals surface area (Å²) in [6.07, 6.45) is 2.67. The average molecular weight is 345 g/mol. The van der Waals surface area contributed by atoms with Gasteiger partial charge in [-0.3, -0.25) is 0 Å². The van der Waals surface area contributed by atoms with Crippen molar-refractivity contribution in [2.45, 2.75) is 38.8 Å². The van der Waals surface area contributed by atoms with E-state index in [9.17, 15) is 4.79 Å². The molecular weight excluding hydrogens is 322 g/mol. The van der Waals surface area contributed by atoms with Gasteiger partial charge in [0, 0.05) is 18.6 Å². The standard InChI is InChI=1S/C18H23N3O4/c1-4-24-18(22)17-10-13(7-8-25-17)21-11-15(19-20-21)14-9-12(2)5-6-16(14)23-3/h5-6,9,11,13,17H,4,7-8,10H2,1-3H3. The molecule has 2 unspecified atom stereocenters. The highest BCUT2D eigenvalue weighted by Gasteiger charge is 2.31. The van der Waals surface area contributed by atoms with Gasteiger partial charge in [-0.15, -0.1) is 5.10 Å². The van der Waals surface area contributed by atoms with E-state index in [1.807, 2.05) is 36.0 Å². The SMILES string of the molecule is CCOC(=O)C1CC(n2cc(-c3cc(C)ccc3OC)nn2)CCO1. The van der Waals surface area contributed by atoms with E-state index in [0.717, 1.165) is 29.0 Å². The van der Waals surface area contributed by atoms with Crippen molar-refractivity contribution in [1.82, 2.24) is 15.0 Å².